The summed E-state index contributed by atoms with van der Waals surface area (Å²) in [5.41, 5.74) is 0. The molecule has 3 heteroatoms. The third-order valence-corrected chi connectivity index (χ3v) is 3.78. The highest BCUT2D eigenvalue weighted by Crippen LogP contribution is 2.27. The van der Waals surface area contributed by atoms with Crippen molar-refractivity contribution in [3.05, 3.63) is 12.2 Å². The average Bonchev–Trinajstić information content (AvgIpc) is 1.97. The van der Waals surface area contributed by atoms with E-state index in [1.54, 1.807) is 10.8 Å². The molecule has 0 fully saturated rings. The zero-order chi connectivity index (χ0) is 8.69. The van der Waals surface area contributed by atoms with E-state index in [0.29, 0.717) is 5.25 Å². The standard InChI is InChI=1S/C8H15NS2/c1-5-6-8(9-4)11-10-7(2)3/h5-7H,1-4H3/b6-5-,9-8?. The maximum atomic E-state index is 4.12. The summed E-state index contributed by atoms with van der Waals surface area (Å²) in [5.74, 6) is 0. The van der Waals surface area contributed by atoms with Crippen LogP contribution in [0.2, 0.25) is 0 Å². The van der Waals surface area contributed by atoms with E-state index in [1.807, 2.05) is 36.9 Å². The van der Waals surface area contributed by atoms with Crippen molar-refractivity contribution >= 4 is 26.6 Å². The maximum Gasteiger partial charge on any atom is 0.100 e. The lowest BCUT2D eigenvalue weighted by Crippen LogP contribution is -1.87. The average molecular weight is 189 g/mol. The van der Waals surface area contributed by atoms with E-state index in [4.69, 9.17) is 0 Å². The van der Waals surface area contributed by atoms with E-state index >= 15 is 0 Å². The highest BCUT2D eigenvalue weighted by molar-refractivity contribution is 8.82. The van der Waals surface area contributed by atoms with Gasteiger partial charge in [0.1, 0.15) is 5.04 Å². The maximum absolute atomic E-state index is 4.12. The van der Waals surface area contributed by atoms with Crippen molar-refractivity contribution < 1.29 is 0 Å². The Kier molecular flexibility index (Phi) is 6.87. The van der Waals surface area contributed by atoms with Gasteiger partial charge in [-0.05, 0) is 23.8 Å². The van der Waals surface area contributed by atoms with Crippen LogP contribution in [0.15, 0.2) is 17.1 Å². The molecule has 0 radical (unpaired) electrons. The van der Waals surface area contributed by atoms with E-state index in [0.717, 1.165) is 5.04 Å². The second kappa shape index (κ2) is 6.80. The van der Waals surface area contributed by atoms with Crippen molar-refractivity contribution in [1.29, 1.82) is 0 Å². The summed E-state index contributed by atoms with van der Waals surface area (Å²) in [7, 11) is 5.40. The number of aliphatic imine (C=N–C) groups is 1. The monoisotopic (exact) mass is 189 g/mol. The first kappa shape index (κ1) is 11.1. The minimum Gasteiger partial charge on any atom is -0.281 e. The third kappa shape index (κ3) is 6.51. The molecule has 0 heterocycles. The SMILES string of the molecule is C/C=C\C(=NC)SSC(C)C. The van der Waals surface area contributed by atoms with Gasteiger partial charge in [-0.2, -0.15) is 0 Å². The van der Waals surface area contributed by atoms with Crippen molar-refractivity contribution in [3.63, 3.8) is 0 Å². The minimum atomic E-state index is 0.655. The summed E-state index contributed by atoms with van der Waals surface area (Å²) >= 11 is 0. The predicted octanol–water partition coefficient (Wildman–Crippen LogP) is 3.38. The Morgan fingerprint density at radius 1 is 1.45 bits per heavy atom. The topological polar surface area (TPSA) is 12.4 Å². The highest BCUT2D eigenvalue weighted by atomic mass is 33.1. The summed E-state index contributed by atoms with van der Waals surface area (Å²) in [6.45, 7) is 6.37. The van der Waals surface area contributed by atoms with Crippen LogP contribution in [0.25, 0.3) is 0 Å². The van der Waals surface area contributed by atoms with E-state index in [9.17, 15) is 0 Å². The van der Waals surface area contributed by atoms with Crippen molar-refractivity contribution in [3.8, 4) is 0 Å². The molecule has 0 saturated carbocycles. The second-order valence-corrected chi connectivity index (χ2v) is 5.09. The first-order chi connectivity index (χ1) is 5.20. The zero-order valence-electron chi connectivity index (χ0n) is 7.50. The molecule has 0 aliphatic rings. The summed E-state index contributed by atoms with van der Waals surface area (Å²) in [6.07, 6.45) is 4.04. The Morgan fingerprint density at radius 3 is 2.45 bits per heavy atom. The van der Waals surface area contributed by atoms with Crippen LogP contribution < -0.4 is 0 Å². The molecule has 0 aromatic carbocycles. The fourth-order valence-electron chi connectivity index (χ4n) is 0.428. The smallest absolute Gasteiger partial charge is 0.100 e. The quantitative estimate of drug-likeness (QED) is 0.383. The molecule has 0 N–H and O–H groups in total. The molecule has 0 bridgehead atoms. The van der Waals surface area contributed by atoms with Gasteiger partial charge in [0.25, 0.3) is 0 Å². The first-order valence-corrected chi connectivity index (χ1v) is 5.84. The lowest BCUT2D eigenvalue weighted by Gasteiger charge is -2.01. The minimum absolute atomic E-state index is 0.655. The zero-order valence-corrected chi connectivity index (χ0v) is 9.13. The van der Waals surface area contributed by atoms with Crippen LogP contribution in [0.4, 0.5) is 0 Å². The molecule has 0 aromatic heterocycles. The van der Waals surface area contributed by atoms with Crippen LogP contribution in [0.1, 0.15) is 20.8 Å². The van der Waals surface area contributed by atoms with Crippen molar-refractivity contribution in [2.75, 3.05) is 7.05 Å². The normalized spacial score (nSPS) is 13.4. The second-order valence-electron chi connectivity index (χ2n) is 2.29. The van der Waals surface area contributed by atoms with Gasteiger partial charge in [-0.1, -0.05) is 30.7 Å². The van der Waals surface area contributed by atoms with Crippen LogP contribution in [0.5, 0.6) is 0 Å². The Labute approximate surface area is 77.1 Å². The number of hydrogen-bond donors (Lipinski definition) is 0. The molecule has 0 spiro atoms. The van der Waals surface area contributed by atoms with Gasteiger partial charge in [0.05, 0.1) is 0 Å². The largest absolute Gasteiger partial charge is 0.281 e. The van der Waals surface area contributed by atoms with Crippen LogP contribution >= 0.6 is 21.6 Å². The van der Waals surface area contributed by atoms with E-state index < -0.39 is 0 Å². The van der Waals surface area contributed by atoms with Crippen LogP contribution in [-0.4, -0.2) is 17.3 Å². The summed E-state index contributed by atoms with van der Waals surface area (Å²) in [4.78, 5) is 4.12. The molecular formula is C8H15NS2. The summed E-state index contributed by atoms with van der Waals surface area (Å²) in [5, 5.41) is 1.74. The fraction of sp³-hybridized carbons (Fsp3) is 0.625. The Hall–Kier alpha value is 0.110. The summed E-state index contributed by atoms with van der Waals surface area (Å²) < 4.78 is 0. The van der Waals surface area contributed by atoms with Gasteiger partial charge in [-0.3, -0.25) is 4.99 Å². The lowest BCUT2D eigenvalue weighted by atomic mass is 10.6. The molecule has 0 aromatic rings. The molecule has 0 amide bonds. The number of nitrogens with zero attached hydrogens (tertiary/aromatic N) is 1. The number of rotatable bonds is 3. The van der Waals surface area contributed by atoms with Gasteiger partial charge in [-0.15, -0.1) is 0 Å². The van der Waals surface area contributed by atoms with Gasteiger partial charge in [0.2, 0.25) is 0 Å². The van der Waals surface area contributed by atoms with E-state index in [1.165, 1.54) is 0 Å². The van der Waals surface area contributed by atoms with Crippen molar-refractivity contribution in [2.24, 2.45) is 4.99 Å². The third-order valence-electron chi connectivity index (χ3n) is 0.856. The van der Waals surface area contributed by atoms with Crippen molar-refractivity contribution in [1.82, 2.24) is 0 Å². The van der Waals surface area contributed by atoms with Gasteiger partial charge in [-0.25, -0.2) is 0 Å². The van der Waals surface area contributed by atoms with Gasteiger partial charge in [0.15, 0.2) is 0 Å². The molecule has 1 nitrogen and oxygen atoms in total. The van der Waals surface area contributed by atoms with Gasteiger partial charge >= 0.3 is 0 Å². The molecule has 11 heavy (non-hydrogen) atoms. The fourth-order valence-corrected chi connectivity index (χ4v) is 2.25. The van der Waals surface area contributed by atoms with Crippen LogP contribution in [0.3, 0.4) is 0 Å². The first-order valence-electron chi connectivity index (χ1n) is 3.63. The molecule has 0 unspecified atom stereocenters. The molecule has 64 valence electrons. The van der Waals surface area contributed by atoms with E-state index in [-0.39, 0.29) is 0 Å². The Morgan fingerprint density at radius 2 is 2.09 bits per heavy atom. The van der Waals surface area contributed by atoms with Crippen LogP contribution in [0, 0.1) is 0 Å². The molecule has 0 aliphatic heterocycles. The van der Waals surface area contributed by atoms with E-state index in [2.05, 4.69) is 18.8 Å². The lowest BCUT2D eigenvalue weighted by molar-refractivity contribution is 1.12. The predicted molar refractivity (Wildman–Crippen MR) is 58.5 cm³/mol. The Balaban J connectivity index is 3.72. The molecule has 0 rings (SSSR count). The molecular weight excluding hydrogens is 174 g/mol. The van der Waals surface area contributed by atoms with Crippen LogP contribution in [-0.2, 0) is 0 Å². The summed E-state index contributed by atoms with van der Waals surface area (Å²) in [6, 6.07) is 0. The Bertz CT molecular complexity index is 150. The van der Waals surface area contributed by atoms with Gasteiger partial charge < -0.3 is 0 Å². The number of hydrogen-bond acceptors (Lipinski definition) is 3. The van der Waals surface area contributed by atoms with Crippen molar-refractivity contribution in [2.45, 2.75) is 26.0 Å². The number of allylic oxidation sites excluding steroid dienone is 1. The molecule has 0 saturated heterocycles. The molecule has 0 aliphatic carbocycles. The highest BCUT2D eigenvalue weighted by Gasteiger charge is 1.97. The van der Waals surface area contributed by atoms with Gasteiger partial charge in [0, 0.05) is 12.3 Å². The molecule has 0 atom stereocenters.